The van der Waals surface area contributed by atoms with Crippen molar-refractivity contribution in [3.8, 4) is 0 Å². The van der Waals surface area contributed by atoms with E-state index in [9.17, 15) is 8.42 Å². The third kappa shape index (κ3) is 3.03. The molecule has 0 radical (unpaired) electrons. The maximum atomic E-state index is 12.2. The van der Waals surface area contributed by atoms with Crippen LogP contribution in [-0.2, 0) is 10.2 Å². The summed E-state index contributed by atoms with van der Waals surface area (Å²) in [6.07, 6.45) is 3.03. The van der Waals surface area contributed by atoms with Crippen molar-refractivity contribution in [1.29, 1.82) is 0 Å². The minimum absolute atomic E-state index is 0.625. The minimum Gasteiger partial charge on any atom is -0.271 e. The molecule has 1 heterocycles. The molecule has 1 fully saturated rings. The Morgan fingerprint density at radius 3 is 2.33 bits per heavy atom. The smallest absolute Gasteiger partial charge is 0.271 e. The summed E-state index contributed by atoms with van der Waals surface area (Å²) in [5.74, 6) is 0. The van der Waals surface area contributed by atoms with E-state index in [1.807, 2.05) is 32.0 Å². The molecule has 2 rings (SSSR count). The summed E-state index contributed by atoms with van der Waals surface area (Å²) in [5, 5.41) is 0. The second kappa shape index (κ2) is 5.28. The molecule has 1 N–H and O–H groups in total. The zero-order valence-corrected chi connectivity index (χ0v) is 11.8. The van der Waals surface area contributed by atoms with E-state index >= 15 is 0 Å². The molecule has 0 spiro atoms. The molecule has 1 aromatic carbocycles. The first-order valence-electron chi connectivity index (χ1n) is 6.34. The molecule has 18 heavy (non-hydrogen) atoms. The third-order valence-electron chi connectivity index (χ3n) is 3.41. The molecule has 0 unspecified atom stereocenters. The van der Waals surface area contributed by atoms with Gasteiger partial charge < -0.3 is 0 Å². The Morgan fingerprint density at radius 2 is 1.72 bits per heavy atom. The van der Waals surface area contributed by atoms with Crippen molar-refractivity contribution in [2.24, 2.45) is 0 Å². The largest absolute Gasteiger partial charge is 0.301 e. The lowest BCUT2D eigenvalue weighted by atomic mass is 10.1. The lowest BCUT2D eigenvalue weighted by Gasteiger charge is -2.26. The molecule has 100 valence electrons. The van der Waals surface area contributed by atoms with Gasteiger partial charge in [0.2, 0.25) is 0 Å². The van der Waals surface area contributed by atoms with E-state index in [0.717, 1.165) is 30.4 Å². The van der Waals surface area contributed by atoms with Crippen molar-refractivity contribution < 1.29 is 8.42 Å². The fourth-order valence-electron chi connectivity index (χ4n) is 2.12. The highest BCUT2D eigenvalue weighted by atomic mass is 32.2. The van der Waals surface area contributed by atoms with Crippen molar-refractivity contribution in [2.45, 2.75) is 33.1 Å². The molecular formula is C13H20N2O2S. The van der Waals surface area contributed by atoms with Crippen LogP contribution in [0.2, 0.25) is 0 Å². The first-order valence-corrected chi connectivity index (χ1v) is 7.78. The van der Waals surface area contributed by atoms with Gasteiger partial charge in [0, 0.05) is 13.1 Å². The molecular weight excluding hydrogens is 248 g/mol. The van der Waals surface area contributed by atoms with Gasteiger partial charge in [-0.05, 0) is 49.9 Å². The van der Waals surface area contributed by atoms with Gasteiger partial charge in [0.15, 0.2) is 0 Å². The van der Waals surface area contributed by atoms with Crippen LogP contribution in [0, 0.1) is 13.8 Å². The molecule has 0 aliphatic carbocycles. The van der Waals surface area contributed by atoms with Crippen molar-refractivity contribution in [3.63, 3.8) is 0 Å². The van der Waals surface area contributed by atoms with Gasteiger partial charge >= 0.3 is 10.2 Å². The first kappa shape index (κ1) is 13.4. The van der Waals surface area contributed by atoms with Crippen LogP contribution in [0.5, 0.6) is 0 Å². The van der Waals surface area contributed by atoms with Crippen molar-refractivity contribution in [1.82, 2.24) is 4.31 Å². The summed E-state index contributed by atoms with van der Waals surface area (Å²) in [6, 6.07) is 5.62. The lowest BCUT2D eigenvalue weighted by Crippen LogP contribution is -2.39. The summed E-state index contributed by atoms with van der Waals surface area (Å²) in [7, 11) is -3.38. The lowest BCUT2D eigenvalue weighted by molar-refractivity contribution is 0.349. The number of nitrogens with one attached hydrogen (secondary N) is 1. The normalized spacial score (nSPS) is 17.7. The zero-order valence-electron chi connectivity index (χ0n) is 10.9. The van der Waals surface area contributed by atoms with E-state index in [1.165, 1.54) is 4.31 Å². The monoisotopic (exact) mass is 268 g/mol. The van der Waals surface area contributed by atoms with Gasteiger partial charge in [-0.15, -0.1) is 0 Å². The topological polar surface area (TPSA) is 49.4 Å². The Hall–Kier alpha value is -1.07. The van der Waals surface area contributed by atoms with E-state index in [4.69, 9.17) is 0 Å². The van der Waals surface area contributed by atoms with Crippen molar-refractivity contribution in [3.05, 3.63) is 29.3 Å². The number of rotatable bonds is 3. The zero-order chi connectivity index (χ0) is 13.2. The third-order valence-corrected chi connectivity index (χ3v) is 4.95. The molecule has 1 aliphatic heterocycles. The average molecular weight is 268 g/mol. The average Bonchev–Trinajstić information content (AvgIpc) is 2.35. The van der Waals surface area contributed by atoms with Crippen LogP contribution in [0.1, 0.15) is 30.4 Å². The summed E-state index contributed by atoms with van der Waals surface area (Å²) < 4.78 is 28.5. The highest BCUT2D eigenvalue weighted by Crippen LogP contribution is 2.19. The fraction of sp³-hybridized carbons (Fsp3) is 0.538. The van der Waals surface area contributed by atoms with Gasteiger partial charge in [0.1, 0.15) is 0 Å². The van der Waals surface area contributed by atoms with Gasteiger partial charge in [-0.25, -0.2) is 0 Å². The summed E-state index contributed by atoms with van der Waals surface area (Å²) >= 11 is 0. The van der Waals surface area contributed by atoms with E-state index in [2.05, 4.69) is 4.72 Å². The number of aryl methyl sites for hydroxylation is 2. The highest BCUT2D eigenvalue weighted by Gasteiger charge is 2.23. The maximum Gasteiger partial charge on any atom is 0.301 e. The Labute approximate surface area is 109 Å². The molecule has 1 aliphatic rings. The quantitative estimate of drug-likeness (QED) is 0.915. The summed E-state index contributed by atoms with van der Waals surface area (Å²) in [6.45, 7) is 5.24. The van der Waals surface area contributed by atoms with Gasteiger partial charge in [-0.2, -0.15) is 12.7 Å². The number of benzene rings is 1. The standard InChI is InChI=1S/C13H20N2O2S/c1-11-6-7-13(10-12(11)2)14-18(16,17)15-8-4-3-5-9-15/h6-7,10,14H,3-5,8-9H2,1-2H3. The van der Waals surface area contributed by atoms with Crippen molar-refractivity contribution in [2.75, 3.05) is 17.8 Å². The molecule has 0 saturated carbocycles. The van der Waals surface area contributed by atoms with Crippen molar-refractivity contribution >= 4 is 15.9 Å². The molecule has 0 aromatic heterocycles. The maximum absolute atomic E-state index is 12.2. The number of hydrogen-bond acceptors (Lipinski definition) is 2. The number of nitrogens with zero attached hydrogens (tertiary/aromatic N) is 1. The van der Waals surface area contributed by atoms with Crippen LogP contribution in [0.15, 0.2) is 18.2 Å². The van der Waals surface area contributed by atoms with E-state index in [-0.39, 0.29) is 0 Å². The molecule has 0 atom stereocenters. The Bertz CT molecular complexity index is 520. The predicted molar refractivity (Wildman–Crippen MR) is 73.9 cm³/mol. The Balaban J connectivity index is 2.13. The Kier molecular flexibility index (Phi) is 3.92. The van der Waals surface area contributed by atoms with E-state index in [0.29, 0.717) is 18.8 Å². The highest BCUT2D eigenvalue weighted by molar-refractivity contribution is 7.90. The van der Waals surface area contributed by atoms with Gasteiger partial charge in [0.25, 0.3) is 0 Å². The Morgan fingerprint density at radius 1 is 1.06 bits per heavy atom. The molecule has 4 nitrogen and oxygen atoms in total. The van der Waals surface area contributed by atoms with Crippen LogP contribution < -0.4 is 4.72 Å². The van der Waals surface area contributed by atoms with Crippen LogP contribution in [0.3, 0.4) is 0 Å². The van der Waals surface area contributed by atoms with E-state index < -0.39 is 10.2 Å². The molecule has 0 bridgehead atoms. The second-order valence-electron chi connectivity index (χ2n) is 4.87. The molecule has 0 amide bonds. The summed E-state index contributed by atoms with van der Waals surface area (Å²) in [4.78, 5) is 0. The predicted octanol–water partition coefficient (Wildman–Crippen LogP) is 2.45. The summed E-state index contributed by atoms with van der Waals surface area (Å²) in [5.41, 5.74) is 2.90. The SMILES string of the molecule is Cc1ccc(NS(=O)(=O)N2CCCCC2)cc1C. The number of piperidine rings is 1. The van der Waals surface area contributed by atoms with Crippen LogP contribution in [-0.4, -0.2) is 25.8 Å². The molecule has 5 heteroatoms. The van der Waals surface area contributed by atoms with Gasteiger partial charge in [-0.1, -0.05) is 12.5 Å². The number of anilines is 1. The van der Waals surface area contributed by atoms with Crippen LogP contribution in [0.4, 0.5) is 5.69 Å². The number of hydrogen-bond donors (Lipinski definition) is 1. The minimum atomic E-state index is -3.38. The van der Waals surface area contributed by atoms with Gasteiger partial charge in [0.05, 0.1) is 5.69 Å². The molecule has 1 aromatic rings. The first-order chi connectivity index (χ1) is 8.49. The van der Waals surface area contributed by atoms with Crippen LogP contribution in [0.25, 0.3) is 0 Å². The fourth-order valence-corrected chi connectivity index (χ4v) is 3.42. The van der Waals surface area contributed by atoms with Gasteiger partial charge in [-0.3, -0.25) is 4.72 Å². The van der Waals surface area contributed by atoms with Crippen LogP contribution >= 0.6 is 0 Å². The molecule has 1 saturated heterocycles. The van der Waals surface area contributed by atoms with E-state index in [1.54, 1.807) is 0 Å². The second-order valence-corrected chi connectivity index (χ2v) is 6.54.